The minimum Gasteiger partial charge on any atom is -0.442 e. The van der Waals surface area contributed by atoms with E-state index in [0.717, 1.165) is 10.2 Å². The number of halogens is 1. The number of hydrogen-bond donors (Lipinski definition) is 1. The predicted octanol–water partition coefficient (Wildman–Crippen LogP) is 3.35. The molecule has 7 nitrogen and oxygen atoms in total. The number of carbonyl (C=O) groups is 1. The number of anilines is 1. The molecule has 0 aliphatic heterocycles. The average Bonchev–Trinajstić information content (AvgIpc) is 3.10. The van der Waals surface area contributed by atoms with Crippen LogP contribution in [-0.4, -0.2) is 20.4 Å². The molecular weight excluding hydrogens is 364 g/mol. The summed E-state index contributed by atoms with van der Waals surface area (Å²) in [6.45, 7) is 1.62. The molecule has 0 unspecified atom stereocenters. The minimum atomic E-state index is -0.466. The van der Waals surface area contributed by atoms with Gasteiger partial charge in [-0.2, -0.15) is 0 Å². The second-order valence-corrected chi connectivity index (χ2v) is 6.93. The van der Waals surface area contributed by atoms with Gasteiger partial charge in [-0.3, -0.25) is 14.9 Å². The number of fused-ring (bicyclic) bond motifs is 2. The number of aromatic nitrogens is 3. The quantitative estimate of drug-likeness (QED) is 0.581. The van der Waals surface area contributed by atoms with Gasteiger partial charge in [-0.1, -0.05) is 22.9 Å². The van der Waals surface area contributed by atoms with Crippen molar-refractivity contribution < 1.29 is 9.21 Å². The highest BCUT2D eigenvalue weighted by molar-refractivity contribution is 7.22. The summed E-state index contributed by atoms with van der Waals surface area (Å²) in [6.07, 6.45) is 1.35. The molecule has 0 saturated carbocycles. The molecule has 9 heteroatoms. The Morgan fingerprint density at radius 1 is 1.40 bits per heavy atom. The lowest BCUT2D eigenvalue weighted by Gasteiger charge is -2.01. The van der Waals surface area contributed by atoms with Gasteiger partial charge in [0.25, 0.3) is 11.5 Å². The number of hydrogen-bond acceptors (Lipinski definition) is 6. The monoisotopic (exact) mass is 374 g/mol. The first-order chi connectivity index (χ1) is 11.9. The lowest BCUT2D eigenvalue weighted by atomic mass is 10.2. The molecular formula is C16H11ClN4O3S. The maximum absolute atomic E-state index is 12.7. The Labute approximate surface area is 149 Å². The van der Waals surface area contributed by atoms with Gasteiger partial charge < -0.3 is 8.98 Å². The fourth-order valence-electron chi connectivity index (χ4n) is 2.57. The summed E-state index contributed by atoms with van der Waals surface area (Å²) in [5, 5.41) is 3.89. The van der Waals surface area contributed by atoms with Crippen LogP contribution in [0.3, 0.4) is 0 Å². The van der Waals surface area contributed by atoms with Crippen molar-refractivity contribution in [3.05, 3.63) is 51.2 Å². The molecule has 0 fully saturated rings. The van der Waals surface area contributed by atoms with E-state index in [1.807, 2.05) is 0 Å². The Bertz CT molecular complexity index is 1210. The highest BCUT2D eigenvalue weighted by Crippen LogP contribution is 2.29. The van der Waals surface area contributed by atoms with Crippen molar-refractivity contribution in [3.63, 3.8) is 0 Å². The fourth-order valence-corrected chi connectivity index (χ4v) is 3.71. The Morgan fingerprint density at radius 2 is 2.20 bits per heavy atom. The molecule has 0 bridgehead atoms. The van der Waals surface area contributed by atoms with Crippen molar-refractivity contribution in [3.8, 4) is 0 Å². The van der Waals surface area contributed by atoms with E-state index in [1.165, 1.54) is 22.2 Å². The molecule has 4 aromatic rings. The summed E-state index contributed by atoms with van der Waals surface area (Å²) in [5.74, 6) is -0.140. The molecule has 1 amide bonds. The lowest BCUT2D eigenvalue weighted by Crippen LogP contribution is -2.20. The second-order valence-electron chi connectivity index (χ2n) is 5.46. The van der Waals surface area contributed by atoms with E-state index in [4.69, 9.17) is 16.0 Å². The summed E-state index contributed by atoms with van der Waals surface area (Å²) in [6, 6.07) is 5.29. The van der Waals surface area contributed by atoms with Crippen LogP contribution in [0, 0.1) is 6.92 Å². The predicted molar refractivity (Wildman–Crippen MR) is 96.6 cm³/mol. The highest BCUT2D eigenvalue weighted by Gasteiger charge is 2.23. The van der Waals surface area contributed by atoms with E-state index in [0.29, 0.717) is 15.9 Å². The zero-order valence-corrected chi connectivity index (χ0v) is 14.7. The third-order valence-electron chi connectivity index (χ3n) is 3.75. The minimum absolute atomic E-state index is 0.141. The van der Waals surface area contributed by atoms with E-state index in [1.54, 1.807) is 32.2 Å². The highest BCUT2D eigenvalue weighted by atomic mass is 35.5. The number of aryl methyl sites for hydroxylation is 2. The van der Waals surface area contributed by atoms with Gasteiger partial charge in [0, 0.05) is 12.1 Å². The molecule has 0 spiro atoms. The Morgan fingerprint density at radius 3 is 3.00 bits per heavy atom. The molecule has 0 aliphatic carbocycles. The second kappa shape index (κ2) is 5.68. The molecule has 3 aromatic heterocycles. The average molecular weight is 375 g/mol. The molecule has 0 radical (unpaired) electrons. The van der Waals surface area contributed by atoms with Crippen LogP contribution in [0.1, 0.15) is 16.1 Å². The number of nitrogens with zero attached hydrogens (tertiary/aromatic N) is 3. The van der Waals surface area contributed by atoms with E-state index in [2.05, 4.69) is 15.3 Å². The molecule has 0 atom stereocenters. The van der Waals surface area contributed by atoms with Gasteiger partial charge in [0.05, 0.1) is 15.8 Å². The third kappa shape index (κ3) is 2.59. The number of amides is 1. The van der Waals surface area contributed by atoms with Gasteiger partial charge in [-0.15, -0.1) is 0 Å². The van der Waals surface area contributed by atoms with E-state index in [-0.39, 0.29) is 22.2 Å². The van der Waals surface area contributed by atoms with Gasteiger partial charge in [-0.25, -0.2) is 9.97 Å². The summed E-state index contributed by atoms with van der Waals surface area (Å²) in [5.41, 5.74) is 0.696. The van der Waals surface area contributed by atoms with Crippen molar-refractivity contribution in [2.24, 2.45) is 7.05 Å². The van der Waals surface area contributed by atoms with Gasteiger partial charge in [-0.05, 0) is 25.1 Å². The molecule has 25 heavy (non-hydrogen) atoms. The van der Waals surface area contributed by atoms with Crippen LogP contribution in [0.25, 0.3) is 21.3 Å². The maximum atomic E-state index is 12.7. The smallest absolute Gasteiger partial charge is 0.265 e. The van der Waals surface area contributed by atoms with Crippen molar-refractivity contribution in [2.45, 2.75) is 6.92 Å². The summed E-state index contributed by atoms with van der Waals surface area (Å²) in [4.78, 5) is 33.5. The first-order valence-corrected chi connectivity index (χ1v) is 8.45. The zero-order valence-electron chi connectivity index (χ0n) is 13.2. The van der Waals surface area contributed by atoms with Crippen LogP contribution in [0.15, 0.2) is 33.7 Å². The normalized spacial score (nSPS) is 11.3. The Hall–Kier alpha value is -2.71. The molecule has 3 heterocycles. The first kappa shape index (κ1) is 15.8. The van der Waals surface area contributed by atoms with Gasteiger partial charge >= 0.3 is 0 Å². The standard InChI is InChI=1S/C16H11ClN4O3S/c1-7-11(12-14(24-7)18-6-21(2)15(12)23)13(22)20-16-19-9-4-3-8(17)5-10(9)25-16/h3-6H,1-2H3,(H,19,20,22). The summed E-state index contributed by atoms with van der Waals surface area (Å²) >= 11 is 7.27. The van der Waals surface area contributed by atoms with Crippen LogP contribution in [-0.2, 0) is 7.05 Å². The van der Waals surface area contributed by atoms with E-state index in [9.17, 15) is 9.59 Å². The van der Waals surface area contributed by atoms with Crippen molar-refractivity contribution >= 4 is 55.3 Å². The van der Waals surface area contributed by atoms with Crippen molar-refractivity contribution in [1.29, 1.82) is 0 Å². The molecule has 1 aromatic carbocycles. The molecule has 0 aliphatic rings. The topological polar surface area (TPSA) is 90.0 Å². The number of thiazole rings is 1. The van der Waals surface area contributed by atoms with Crippen LogP contribution in [0.4, 0.5) is 5.13 Å². The number of nitrogens with one attached hydrogen (secondary N) is 1. The lowest BCUT2D eigenvalue weighted by molar-refractivity contribution is 0.102. The maximum Gasteiger partial charge on any atom is 0.265 e. The largest absolute Gasteiger partial charge is 0.442 e. The fraction of sp³-hybridized carbons (Fsp3) is 0.125. The molecule has 1 N–H and O–H groups in total. The number of carbonyl (C=O) groups excluding carboxylic acids is 1. The Balaban J connectivity index is 1.78. The van der Waals surface area contributed by atoms with Crippen molar-refractivity contribution in [1.82, 2.24) is 14.5 Å². The summed E-state index contributed by atoms with van der Waals surface area (Å²) < 4.78 is 7.60. The third-order valence-corrected chi connectivity index (χ3v) is 4.91. The molecule has 0 saturated heterocycles. The molecule has 4 rings (SSSR count). The number of furan rings is 1. The van der Waals surface area contributed by atoms with Crippen LogP contribution < -0.4 is 10.9 Å². The van der Waals surface area contributed by atoms with E-state index < -0.39 is 5.91 Å². The van der Waals surface area contributed by atoms with Gasteiger partial charge in [0.15, 0.2) is 5.13 Å². The van der Waals surface area contributed by atoms with Crippen LogP contribution >= 0.6 is 22.9 Å². The first-order valence-electron chi connectivity index (χ1n) is 7.26. The molecule has 126 valence electrons. The van der Waals surface area contributed by atoms with Crippen molar-refractivity contribution in [2.75, 3.05) is 5.32 Å². The van der Waals surface area contributed by atoms with E-state index >= 15 is 0 Å². The number of rotatable bonds is 2. The van der Waals surface area contributed by atoms with Gasteiger partial charge in [0.2, 0.25) is 5.71 Å². The summed E-state index contributed by atoms with van der Waals surface area (Å²) in [7, 11) is 1.57. The van der Waals surface area contributed by atoms with Gasteiger partial charge in [0.1, 0.15) is 17.5 Å². The number of benzene rings is 1. The Kier molecular flexibility index (Phi) is 3.59. The SMILES string of the molecule is Cc1oc2ncn(C)c(=O)c2c1C(=O)Nc1nc2ccc(Cl)cc2s1. The zero-order chi connectivity index (χ0) is 17.7. The van der Waals surface area contributed by atoms with Crippen LogP contribution in [0.5, 0.6) is 0 Å². The van der Waals surface area contributed by atoms with Crippen LogP contribution in [0.2, 0.25) is 5.02 Å².